The number of halogens is 2. The fourth-order valence-corrected chi connectivity index (χ4v) is 4.32. The lowest BCUT2D eigenvalue weighted by Gasteiger charge is -2.32. The average molecular weight is 417 g/mol. The van der Waals surface area contributed by atoms with Gasteiger partial charge in [-0.1, -0.05) is 23.2 Å². The highest BCUT2D eigenvalue weighted by Crippen LogP contribution is 2.24. The molecule has 1 aliphatic rings. The Bertz CT molecular complexity index is 1010. The number of aromatic amines is 1. The zero-order valence-electron chi connectivity index (χ0n) is 15.5. The summed E-state index contributed by atoms with van der Waals surface area (Å²) in [6.45, 7) is 3.63. The number of pyridine rings is 1. The highest BCUT2D eigenvalue weighted by atomic mass is 35.5. The average Bonchev–Trinajstić information content (AvgIpc) is 2.67. The maximum absolute atomic E-state index is 11.8. The van der Waals surface area contributed by atoms with E-state index in [1.165, 1.54) is 0 Å². The van der Waals surface area contributed by atoms with E-state index >= 15 is 0 Å². The van der Waals surface area contributed by atoms with Gasteiger partial charge < -0.3 is 9.72 Å². The molecule has 146 valence electrons. The van der Waals surface area contributed by atoms with Crippen LogP contribution < -0.4 is 10.3 Å². The first kappa shape index (κ1) is 19.3. The number of nitrogens with zero attached hydrogens (tertiary/aromatic N) is 1. The van der Waals surface area contributed by atoms with E-state index in [9.17, 15) is 4.79 Å². The molecular formula is C22H22Cl2N2O2. The molecule has 0 radical (unpaired) electrons. The Balaban J connectivity index is 1.29. The number of fused-ring (bicyclic) bond motifs is 1. The molecule has 1 aromatic heterocycles. The van der Waals surface area contributed by atoms with Crippen LogP contribution in [0, 0.1) is 5.92 Å². The van der Waals surface area contributed by atoms with Gasteiger partial charge in [-0.05, 0) is 85.3 Å². The summed E-state index contributed by atoms with van der Waals surface area (Å²) in [4.78, 5) is 16.9. The van der Waals surface area contributed by atoms with E-state index in [0.29, 0.717) is 28.0 Å². The Kier molecular flexibility index (Phi) is 5.90. The summed E-state index contributed by atoms with van der Waals surface area (Å²) in [5, 5.41) is 2.95. The van der Waals surface area contributed by atoms with Crippen LogP contribution in [-0.2, 0) is 6.54 Å². The standard InChI is InChI=1S/C22H22Cl2N2O2/c23-18-9-16(10-19(24)12-18)13-26-7-4-15(5-8-26)14-28-20-1-2-21-17(11-20)3-6-25-22(21)27/h1-3,6,9-12,15H,4-5,7-8,13-14H2,(H,25,27). The molecule has 1 fully saturated rings. The number of likely N-dealkylation sites (tertiary alicyclic amines) is 1. The molecule has 2 heterocycles. The van der Waals surface area contributed by atoms with E-state index in [4.69, 9.17) is 27.9 Å². The number of hydrogen-bond acceptors (Lipinski definition) is 3. The van der Waals surface area contributed by atoms with Crippen molar-refractivity contribution in [1.29, 1.82) is 0 Å². The lowest BCUT2D eigenvalue weighted by molar-refractivity contribution is 0.137. The number of hydrogen-bond donors (Lipinski definition) is 1. The number of aromatic nitrogens is 1. The molecule has 0 bridgehead atoms. The largest absolute Gasteiger partial charge is 0.493 e. The van der Waals surface area contributed by atoms with E-state index in [0.717, 1.165) is 49.2 Å². The predicted octanol–water partition coefficient (Wildman–Crippen LogP) is 5.13. The molecule has 6 heteroatoms. The van der Waals surface area contributed by atoms with Crippen molar-refractivity contribution in [2.75, 3.05) is 19.7 Å². The minimum absolute atomic E-state index is 0.0718. The van der Waals surface area contributed by atoms with E-state index in [1.54, 1.807) is 12.3 Å². The van der Waals surface area contributed by atoms with Gasteiger partial charge in [0.2, 0.25) is 0 Å². The monoisotopic (exact) mass is 416 g/mol. The molecule has 4 rings (SSSR count). The summed E-state index contributed by atoms with van der Waals surface area (Å²) in [7, 11) is 0. The van der Waals surface area contributed by atoms with Gasteiger partial charge >= 0.3 is 0 Å². The number of benzene rings is 2. The van der Waals surface area contributed by atoms with Crippen LogP contribution in [0.4, 0.5) is 0 Å². The molecule has 3 aromatic rings. The molecule has 1 N–H and O–H groups in total. The van der Waals surface area contributed by atoms with Crippen LogP contribution in [-0.4, -0.2) is 29.6 Å². The summed E-state index contributed by atoms with van der Waals surface area (Å²) >= 11 is 12.2. The fourth-order valence-electron chi connectivity index (χ4n) is 3.75. The Labute approximate surface area is 174 Å². The van der Waals surface area contributed by atoms with Crippen molar-refractivity contribution in [2.24, 2.45) is 5.92 Å². The highest BCUT2D eigenvalue weighted by molar-refractivity contribution is 6.34. The molecule has 0 amide bonds. The van der Waals surface area contributed by atoms with Crippen LogP contribution in [0.1, 0.15) is 18.4 Å². The first-order valence-corrected chi connectivity index (χ1v) is 10.2. The van der Waals surface area contributed by atoms with Crippen molar-refractivity contribution in [1.82, 2.24) is 9.88 Å². The molecule has 0 spiro atoms. The number of ether oxygens (including phenoxy) is 1. The topological polar surface area (TPSA) is 45.3 Å². The molecule has 2 aromatic carbocycles. The first-order valence-electron chi connectivity index (χ1n) is 9.48. The van der Waals surface area contributed by atoms with Crippen molar-refractivity contribution >= 4 is 34.0 Å². The van der Waals surface area contributed by atoms with Gasteiger partial charge in [0.1, 0.15) is 5.75 Å². The summed E-state index contributed by atoms with van der Waals surface area (Å²) in [5.41, 5.74) is 1.08. The van der Waals surface area contributed by atoms with Gasteiger partial charge in [-0.3, -0.25) is 9.69 Å². The first-order chi connectivity index (χ1) is 13.6. The quantitative estimate of drug-likeness (QED) is 0.627. The van der Waals surface area contributed by atoms with Crippen molar-refractivity contribution in [3.63, 3.8) is 0 Å². The molecule has 1 saturated heterocycles. The second kappa shape index (κ2) is 8.56. The predicted molar refractivity (Wildman–Crippen MR) is 115 cm³/mol. The Morgan fingerprint density at radius 3 is 2.54 bits per heavy atom. The third-order valence-corrected chi connectivity index (χ3v) is 5.70. The zero-order chi connectivity index (χ0) is 19.5. The van der Waals surface area contributed by atoms with Crippen molar-refractivity contribution in [3.8, 4) is 5.75 Å². The van der Waals surface area contributed by atoms with Crippen LogP contribution in [0.3, 0.4) is 0 Å². The number of piperidine rings is 1. The van der Waals surface area contributed by atoms with E-state index in [2.05, 4.69) is 9.88 Å². The molecule has 28 heavy (non-hydrogen) atoms. The van der Waals surface area contributed by atoms with Gasteiger partial charge in [-0.2, -0.15) is 0 Å². The maximum Gasteiger partial charge on any atom is 0.255 e. The van der Waals surface area contributed by atoms with Gasteiger partial charge in [0.25, 0.3) is 5.56 Å². The summed E-state index contributed by atoms with van der Waals surface area (Å²) in [6.07, 6.45) is 3.86. The smallest absolute Gasteiger partial charge is 0.255 e. The third-order valence-electron chi connectivity index (χ3n) is 5.27. The van der Waals surface area contributed by atoms with E-state index < -0.39 is 0 Å². The lowest BCUT2D eigenvalue weighted by Crippen LogP contribution is -2.35. The number of H-pyrrole nitrogens is 1. The second-order valence-electron chi connectivity index (χ2n) is 7.36. The highest BCUT2D eigenvalue weighted by Gasteiger charge is 2.20. The van der Waals surface area contributed by atoms with Gasteiger partial charge in [-0.15, -0.1) is 0 Å². The summed E-state index contributed by atoms with van der Waals surface area (Å²) < 4.78 is 6.01. The van der Waals surface area contributed by atoms with Crippen molar-refractivity contribution in [2.45, 2.75) is 19.4 Å². The molecule has 0 aliphatic carbocycles. The molecule has 0 unspecified atom stereocenters. The fraction of sp³-hybridized carbons (Fsp3) is 0.318. The van der Waals surface area contributed by atoms with Crippen molar-refractivity contribution in [3.05, 3.63) is 74.6 Å². The van der Waals surface area contributed by atoms with Gasteiger partial charge in [0.15, 0.2) is 0 Å². The van der Waals surface area contributed by atoms with Crippen LogP contribution >= 0.6 is 23.2 Å². The molecular weight excluding hydrogens is 395 g/mol. The third kappa shape index (κ3) is 4.69. The van der Waals surface area contributed by atoms with Crippen LogP contribution in [0.15, 0.2) is 53.5 Å². The minimum atomic E-state index is -0.0718. The summed E-state index contributed by atoms with van der Waals surface area (Å²) in [5.74, 6) is 1.35. The van der Waals surface area contributed by atoms with E-state index in [-0.39, 0.29) is 5.56 Å². The van der Waals surface area contributed by atoms with Gasteiger partial charge in [-0.25, -0.2) is 0 Å². The zero-order valence-corrected chi connectivity index (χ0v) is 17.0. The Morgan fingerprint density at radius 1 is 1.04 bits per heavy atom. The van der Waals surface area contributed by atoms with E-state index in [1.807, 2.05) is 36.4 Å². The number of nitrogens with one attached hydrogen (secondary N) is 1. The molecule has 4 nitrogen and oxygen atoms in total. The molecule has 0 atom stereocenters. The molecule has 0 saturated carbocycles. The Hall–Kier alpha value is -2.01. The van der Waals surface area contributed by atoms with Gasteiger partial charge in [0, 0.05) is 28.2 Å². The van der Waals surface area contributed by atoms with Gasteiger partial charge in [0.05, 0.1) is 6.61 Å². The Morgan fingerprint density at radius 2 is 1.79 bits per heavy atom. The maximum atomic E-state index is 11.8. The van der Waals surface area contributed by atoms with Crippen molar-refractivity contribution < 1.29 is 4.74 Å². The second-order valence-corrected chi connectivity index (χ2v) is 8.24. The summed E-state index contributed by atoms with van der Waals surface area (Å²) in [6, 6.07) is 13.2. The minimum Gasteiger partial charge on any atom is -0.493 e. The SMILES string of the molecule is O=c1[nH]ccc2cc(OCC3CCN(Cc4cc(Cl)cc(Cl)c4)CC3)ccc12. The van der Waals surface area contributed by atoms with Crippen LogP contribution in [0.25, 0.3) is 10.8 Å². The normalized spacial score (nSPS) is 15.8. The molecule has 1 aliphatic heterocycles. The number of rotatable bonds is 5. The van der Waals surface area contributed by atoms with Crippen LogP contribution in [0.5, 0.6) is 5.75 Å². The van der Waals surface area contributed by atoms with Crippen LogP contribution in [0.2, 0.25) is 10.0 Å². The lowest BCUT2D eigenvalue weighted by atomic mass is 9.97.